The van der Waals surface area contributed by atoms with Crippen molar-refractivity contribution in [2.45, 2.75) is 32.2 Å². The molecule has 0 aliphatic carbocycles. The Morgan fingerprint density at radius 1 is 1.29 bits per heavy atom. The van der Waals surface area contributed by atoms with Gasteiger partial charge in [-0.1, -0.05) is 13.0 Å². The number of nitrogens with zero attached hydrogens (tertiary/aromatic N) is 2. The molecule has 78 valence electrons. The standard InChI is InChI=1S/C11H19N2O/c1-2-12-8-9-13(11-12)7-5-3-4-6-10-14/h2,8-9,11,14H,1,3-7,10H2/q+1. The molecular formula is C11H19N2O+. The van der Waals surface area contributed by atoms with Crippen LogP contribution in [0.3, 0.4) is 0 Å². The Morgan fingerprint density at radius 2 is 2.07 bits per heavy atom. The molecule has 0 atom stereocenters. The first-order valence-corrected chi connectivity index (χ1v) is 5.17. The number of imidazole rings is 1. The summed E-state index contributed by atoms with van der Waals surface area (Å²) >= 11 is 0. The Labute approximate surface area is 85.3 Å². The highest BCUT2D eigenvalue weighted by molar-refractivity contribution is 5.12. The summed E-state index contributed by atoms with van der Waals surface area (Å²) in [5.41, 5.74) is 0. The molecular weight excluding hydrogens is 176 g/mol. The molecule has 0 aliphatic rings. The SMILES string of the molecule is C=Cn1cc[n+](CCCCCCO)c1. The second kappa shape index (κ2) is 6.38. The molecule has 0 radical (unpaired) electrons. The van der Waals surface area contributed by atoms with Gasteiger partial charge in [0.1, 0.15) is 12.4 Å². The van der Waals surface area contributed by atoms with E-state index in [0.29, 0.717) is 6.61 Å². The molecule has 1 aromatic heterocycles. The minimum absolute atomic E-state index is 0.319. The molecule has 0 saturated carbocycles. The molecule has 3 heteroatoms. The molecule has 0 saturated heterocycles. The van der Waals surface area contributed by atoms with Crippen molar-refractivity contribution < 1.29 is 9.67 Å². The second-order valence-electron chi connectivity index (χ2n) is 3.42. The molecule has 14 heavy (non-hydrogen) atoms. The number of hydrogen-bond acceptors (Lipinski definition) is 1. The van der Waals surface area contributed by atoms with Crippen molar-refractivity contribution in [2.24, 2.45) is 0 Å². The molecule has 0 aromatic carbocycles. The zero-order valence-electron chi connectivity index (χ0n) is 8.60. The minimum Gasteiger partial charge on any atom is -0.396 e. The van der Waals surface area contributed by atoms with Crippen LogP contribution in [0.2, 0.25) is 0 Å². The van der Waals surface area contributed by atoms with Crippen LogP contribution in [0.4, 0.5) is 0 Å². The maximum absolute atomic E-state index is 8.60. The van der Waals surface area contributed by atoms with E-state index in [9.17, 15) is 0 Å². The van der Waals surface area contributed by atoms with Gasteiger partial charge in [-0.15, -0.1) is 0 Å². The third kappa shape index (κ3) is 3.75. The van der Waals surface area contributed by atoms with Gasteiger partial charge in [-0.3, -0.25) is 0 Å². The number of rotatable bonds is 7. The molecule has 0 amide bonds. The molecule has 0 aliphatic heterocycles. The molecule has 1 rings (SSSR count). The van der Waals surface area contributed by atoms with Gasteiger partial charge in [0.25, 0.3) is 0 Å². The van der Waals surface area contributed by atoms with E-state index < -0.39 is 0 Å². The zero-order chi connectivity index (χ0) is 10.2. The van der Waals surface area contributed by atoms with Crippen LogP contribution in [0.1, 0.15) is 25.7 Å². The fourth-order valence-electron chi connectivity index (χ4n) is 1.41. The van der Waals surface area contributed by atoms with Gasteiger partial charge in [0.05, 0.1) is 12.7 Å². The number of aromatic nitrogens is 2. The Morgan fingerprint density at radius 3 is 2.71 bits per heavy atom. The van der Waals surface area contributed by atoms with Gasteiger partial charge in [0.2, 0.25) is 6.33 Å². The second-order valence-corrected chi connectivity index (χ2v) is 3.42. The maximum Gasteiger partial charge on any atom is 0.248 e. The van der Waals surface area contributed by atoms with E-state index in [0.717, 1.165) is 19.4 Å². The third-order valence-electron chi connectivity index (χ3n) is 2.25. The molecule has 3 nitrogen and oxygen atoms in total. The van der Waals surface area contributed by atoms with Gasteiger partial charge in [0.15, 0.2) is 0 Å². The summed E-state index contributed by atoms with van der Waals surface area (Å²) in [7, 11) is 0. The average Bonchev–Trinajstić information content (AvgIpc) is 2.65. The molecule has 0 unspecified atom stereocenters. The summed E-state index contributed by atoms with van der Waals surface area (Å²) in [6.07, 6.45) is 12.3. The van der Waals surface area contributed by atoms with Gasteiger partial charge in [-0.05, 0) is 19.3 Å². The van der Waals surface area contributed by atoms with E-state index in [1.54, 1.807) is 6.20 Å². The van der Waals surface area contributed by atoms with Crippen molar-refractivity contribution in [1.29, 1.82) is 0 Å². The molecule has 1 aromatic rings. The largest absolute Gasteiger partial charge is 0.396 e. The molecule has 0 fully saturated rings. The zero-order valence-corrected chi connectivity index (χ0v) is 8.60. The number of aliphatic hydroxyl groups is 1. The molecule has 0 spiro atoms. The Hall–Kier alpha value is -1.09. The number of unbranched alkanes of at least 4 members (excludes halogenated alkanes) is 3. The number of hydrogen-bond donors (Lipinski definition) is 1. The normalized spacial score (nSPS) is 10.4. The van der Waals surface area contributed by atoms with E-state index in [2.05, 4.69) is 11.1 Å². The van der Waals surface area contributed by atoms with Gasteiger partial charge in [0, 0.05) is 6.61 Å². The summed E-state index contributed by atoms with van der Waals surface area (Å²) in [5.74, 6) is 0. The highest BCUT2D eigenvalue weighted by Gasteiger charge is 1.99. The van der Waals surface area contributed by atoms with Crippen molar-refractivity contribution in [3.8, 4) is 0 Å². The van der Waals surface area contributed by atoms with Crippen molar-refractivity contribution in [2.75, 3.05) is 6.61 Å². The Bertz CT molecular complexity index is 268. The van der Waals surface area contributed by atoms with Crippen LogP contribution in [0, 0.1) is 0 Å². The first kappa shape index (κ1) is 11.0. The topological polar surface area (TPSA) is 29.0 Å². The highest BCUT2D eigenvalue weighted by Crippen LogP contribution is 1.98. The predicted molar refractivity (Wildman–Crippen MR) is 56.6 cm³/mol. The molecule has 0 bridgehead atoms. The van der Waals surface area contributed by atoms with E-state index in [4.69, 9.17) is 5.11 Å². The summed E-state index contributed by atoms with van der Waals surface area (Å²) in [4.78, 5) is 0. The van der Waals surface area contributed by atoms with Crippen LogP contribution in [0.5, 0.6) is 0 Å². The lowest BCUT2D eigenvalue weighted by Gasteiger charge is -1.96. The minimum atomic E-state index is 0.319. The lowest BCUT2D eigenvalue weighted by atomic mass is 10.2. The lowest BCUT2D eigenvalue weighted by Crippen LogP contribution is -2.30. The van der Waals surface area contributed by atoms with Crippen LogP contribution in [-0.4, -0.2) is 16.3 Å². The Kier molecular flexibility index (Phi) is 5.00. The van der Waals surface area contributed by atoms with Crippen molar-refractivity contribution in [3.05, 3.63) is 25.3 Å². The van der Waals surface area contributed by atoms with Gasteiger partial charge >= 0.3 is 0 Å². The number of aliphatic hydroxyl groups excluding tert-OH is 1. The third-order valence-corrected chi connectivity index (χ3v) is 2.25. The average molecular weight is 195 g/mol. The highest BCUT2D eigenvalue weighted by atomic mass is 16.2. The van der Waals surface area contributed by atoms with Crippen molar-refractivity contribution >= 4 is 6.20 Å². The van der Waals surface area contributed by atoms with Crippen LogP contribution >= 0.6 is 0 Å². The van der Waals surface area contributed by atoms with Gasteiger partial charge in [-0.25, -0.2) is 9.13 Å². The predicted octanol–water partition coefficient (Wildman–Crippen LogP) is 1.43. The van der Waals surface area contributed by atoms with Gasteiger partial charge < -0.3 is 5.11 Å². The summed E-state index contributed by atoms with van der Waals surface area (Å²) < 4.78 is 4.09. The van der Waals surface area contributed by atoms with E-state index >= 15 is 0 Å². The Balaban J connectivity index is 2.14. The molecule has 1 heterocycles. The van der Waals surface area contributed by atoms with Gasteiger partial charge in [-0.2, -0.15) is 0 Å². The summed E-state index contributed by atoms with van der Waals surface area (Å²) in [6.45, 7) is 5.05. The van der Waals surface area contributed by atoms with Crippen molar-refractivity contribution in [1.82, 2.24) is 4.57 Å². The first-order chi connectivity index (χ1) is 6.86. The fraction of sp³-hybridized carbons (Fsp3) is 0.545. The smallest absolute Gasteiger partial charge is 0.248 e. The summed E-state index contributed by atoms with van der Waals surface area (Å²) in [6, 6.07) is 0. The first-order valence-electron chi connectivity index (χ1n) is 5.17. The molecule has 1 N–H and O–H groups in total. The van der Waals surface area contributed by atoms with Crippen LogP contribution in [-0.2, 0) is 6.54 Å². The van der Waals surface area contributed by atoms with Crippen LogP contribution < -0.4 is 4.57 Å². The fourth-order valence-corrected chi connectivity index (χ4v) is 1.41. The van der Waals surface area contributed by atoms with Crippen molar-refractivity contribution in [3.63, 3.8) is 0 Å². The lowest BCUT2D eigenvalue weighted by molar-refractivity contribution is -0.696. The monoisotopic (exact) mass is 195 g/mol. The van der Waals surface area contributed by atoms with Crippen LogP contribution in [0.25, 0.3) is 6.20 Å². The quantitative estimate of drug-likeness (QED) is 0.517. The van der Waals surface area contributed by atoms with E-state index in [1.807, 2.05) is 23.3 Å². The summed E-state index contributed by atoms with van der Waals surface area (Å²) in [5, 5.41) is 8.60. The van der Waals surface area contributed by atoms with Crippen LogP contribution in [0.15, 0.2) is 25.3 Å². The maximum atomic E-state index is 8.60. The van der Waals surface area contributed by atoms with E-state index in [-0.39, 0.29) is 0 Å². The van der Waals surface area contributed by atoms with E-state index in [1.165, 1.54) is 12.8 Å². The number of aryl methyl sites for hydroxylation is 1.